The van der Waals surface area contributed by atoms with Gasteiger partial charge in [-0.25, -0.2) is 4.39 Å². The minimum Gasteiger partial charge on any atom is -0.324 e. The summed E-state index contributed by atoms with van der Waals surface area (Å²) in [5.74, 6) is -0.335. The van der Waals surface area contributed by atoms with Crippen LogP contribution in [0, 0.1) is 5.82 Å². The fraction of sp³-hybridized carbons (Fsp3) is 0.125. The third-order valence-electron chi connectivity index (χ3n) is 3.38. The van der Waals surface area contributed by atoms with Gasteiger partial charge in [-0.3, -0.25) is 9.97 Å². The number of nitrogens with two attached hydrogens (primary N) is 1. The summed E-state index contributed by atoms with van der Waals surface area (Å²) in [6.07, 6.45) is 3.68. The van der Waals surface area contributed by atoms with Gasteiger partial charge in [-0.05, 0) is 41.8 Å². The van der Waals surface area contributed by atoms with Crippen LogP contribution in [0.1, 0.15) is 17.2 Å². The first-order chi connectivity index (χ1) is 10.1. The lowest BCUT2D eigenvalue weighted by Gasteiger charge is -2.13. The van der Waals surface area contributed by atoms with Crippen LogP contribution in [-0.2, 0) is 6.42 Å². The molecule has 3 rings (SSSR count). The van der Waals surface area contributed by atoms with E-state index in [1.165, 1.54) is 6.07 Å². The molecule has 1 unspecified atom stereocenters. The molecular weight excluding hydrogens is 289 g/mol. The van der Waals surface area contributed by atoms with Crippen molar-refractivity contribution in [3.05, 3.63) is 70.8 Å². The largest absolute Gasteiger partial charge is 0.324 e. The molecule has 3 nitrogen and oxygen atoms in total. The van der Waals surface area contributed by atoms with Gasteiger partial charge < -0.3 is 5.73 Å². The third kappa shape index (κ3) is 3.01. The molecule has 0 saturated carbocycles. The summed E-state index contributed by atoms with van der Waals surface area (Å²) in [4.78, 5) is 8.46. The van der Waals surface area contributed by atoms with Gasteiger partial charge in [0.2, 0.25) is 0 Å². The van der Waals surface area contributed by atoms with E-state index < -0.39 is 0 Å². The zero-order chi connectivity index (χ0) is 14.8. The molecule has 0 aliphatic rings. The second-order valence-electron chi connectivity index (χ2n) is 4.85. The van der Waals surface area contributed by atoms with E-state index in [2.05, 4.69) is 9.97 Å². The maximum absolute atomic E-state index is 13.8. The van der Waals surface area contributed by atoms with Crippen LogP contribution in [-0.4, -0.2) is 9.97 Å². The highest BCUT2D eigenvalue weighted by atomic mass is 35.5. The van der Waals surface area contributed by atoms with Crippen molar-refractivity contribution >= 4 is 22.6 Å². The zero-order valence-electron chi connectivity index (χ0n) is 11.1. The molecule has 1 atom stereocenters. The number of fused-ring (bicyclic) bond motifs is 1. The smallest absolute Gasteiger partial charge is 0.127 e. The number of benzene rings is 2. The number of nitrogens with zero attached hydrogens (tertiary/aromatic N) is 2. The Hall–Kier alpha value is -2.04. The molecule has 2 aromatic carbocycles. The second kappa shape index (κ2) is 5.76. The van der Waals surface area contributed by atoms with Gasteiger partial charge in [-0.2, -0.15) is 0 Å². The standard InChI is InChI=1S/C16H13ClFN3/c17-12-3-1-10(13(18)9-12)7-14(19)11-2-4-15-16(8-11)21-6-5-20-15/h1-6,8-9,14H,7,19H2. The predicted octanol–water partition coefficient (Wildman–Crippen LogP) is 3.66. The molecular formula is C16H13ClFN3. The van der Waals surface area contributed by atoms with E-state index >= 15 is 0 Å². The molecule has 0 aliphatic carbocycles. The third-order valence-corrected chi connectivity index (χ3v) is 3.61. The number of hydrogen-bond donors (Lipinski definition) is 1. The Morgan fingerprint density at radius 3 is 2.57 bits per heavy atom. The Kier molecular flexibility index (Phi) is 3.82. The average Bonchev–Trinajstić information content (AvgIpc) is 2.49. The Morgan fingerprint density at radius 1 is 1.05 bits per heavy atom. The van der Waals surface area contributed by atoms with Gasteiger partial charge in [0.15, 0.2) is 0 Å². The molecule has 0 radical (unpaired) electrons. The Balaban J connectivity index is 1.87. The second-order valence-corrected chi connectivity index (χ2v) is 5.29. The number of rotatable bonds is 3. The molecule has 5 heteroatoms. The van der Waals surface area contributed by atoms with Crippen LogP contribution in [0.2, 0.25) is 5.02 Å². The molecule has 1 aromatic heterocycles. The summed E-state index contributed by atoms with van der Waals surface area (Å²) >= 11 is 5.75. The average molecular weight is 302 g/mol. The van der Waals surface area contributed by atoms with Gasteiger partial charge in [0.25, 0.3) is 0 Å². The number of halogens is 2. The molecule has 0 aliphatic heterocycles. The van der Waals surface area contributed by atoms with Gasteiger partial charge in [-0.15, -0.1) is 0 Å². The molecule has 21 heavy (non-hydrogen) atoms. The van der Waals surface area contributed by atoms with E-state index in [-0.39, 0.29) is 11.9 Å². The summed E-state index contributed by atoms with van der Waals surface area (Å²) in [6.45, 7) is 0. The molecule has 0 saturated heterocycles. The van der Waals surface area contributed by atoms with E-state index in [0.29, 0.717) is 17.0 Å². The Morgan fingerprint density at radius 2 is 1.81 bits per heavy atom. The molecule has 0 spiro atoms. The van der Waals surface area contributed by atoms with Crippen LogP contribution in [0.15, 0.2) is 48.8 Å². The highest BCUT2D eigenvalue weighted by Gasteiger charge is 2.12. The van der Waals surface area contributed by atoms with Crippen LogP contribution in [0.3, 0.4) is 0 Å². The molecule has 0 amide bonds. The number of aromatic nitrogens is 2. The van der Waals surface area contributed by atoms with Crippen molar-refractivity contribution < 1.29 is 4.39 Å². The lowest BCUT2D eigenvalue weighted by Crippen LogP contribution is -2.14. The van der Waals surface area contributed by atoms with Crippen molar-refractivity contribution in [2.75, 3.05) is 0 Å². The van der Waals surface area contributed by atoms with Gasteiger partial charge in [0.1, 0.15) is 5.82 Å². The first kappa shape index (κ1) is 13.9. The van der Waals surface area contributed by atoms with Gasteiger partial charge in [-0.1, -0.05) is 23.7 Å². The van der Waals surface area contributed by atoms with Crippen LogP contribution in [0.4, 0.5) is 4.39 Å². The van der Waals surface area contributed by atoms with Gasteiger partial charge in [0, 0.05) is 23.5 Å². The van der Waals surface area contributed by atoms with Gasteiger partial charge >= 0.3 is 0 Å². The normalized spacial score (nSPS) is 12.5. The minimum absolute atomic E-state index is 0.313. The maximum atomic E-state index is 13.8. The van der Waals surface area contributed by atoms with Crippen molar-refractivity contribution in [2.45, 2.75) is 12.5 Å². The van der Waals surface area contributed by atoms with Crippen molar-refractivity contribution in [1.82, 2.24) is 9.97 Å². The molecule has 0 fully saturated rings. The first-order valence-electron chi connectivity index (χ1n) is 6.53. The summed E-state index contributed by atoms with van der Waals surface area (Å²) < 4.78 is 13.8. The highest BCUT2D eigenvalue weighted by molar-refractivity contribution is 6.30. The summed E-state index contributed by atoms with van der Waals surface area (Å²) in [7, 11) is 0. The van der Waals surface area contributed by atoms with Gasteiger partial charge in [0.05, 0.1) is 11.0 Å². The van der Waals surface area contributed by atoms with E-state index in [0.717, 1.165) is 16.6 Å². The van der Waals surface area contributed by atoms with Crippen LogP contribution < -0.4 is 5.73 Å². The quantitative estimate of drug-likeness (QED) is 0.803. The molecule has 2 N–H and O–H groups in total. The van der Waals surface area contributed by atoms with Crippen molar-refractivity contribution in [2.24, 2.45) is 5.73 Å². The monoisotopic (exact) mass is 301 g/mol. The lowest BCUT2D eigenvalue weighted by molar-refractivity contribution is 0.593. The SMILES string of the molecule is NC(Cc1ccc(Cl)cc1F)c1ccc2nccnc2c1. The van der Waals surface area contributed by atoms with E-state index in [1.54, 1.807) is 24.5 Å². The van der Waals surface area contributed by atoms with E-state index in [4.69, 9.17) is 17.3 Å². The molecule has 1 heterocycles. The van der Waals surface area contributed by atoms with E-state index in [9.17, 15) is 4.39 Å². The maximum Gasteiger partial charge on any atom is 0.127 e. The van der Waals surface area contributed by atoms with E-state index in [1.807, 2.05) is 18.2 Å². The Labute approximate surface area is 126 Å². The van der Waals surface area contributed by atoms with Crippen molar-refractivity contribution in [3.8, 4) is 0 Å². The molecule has 0 bridgehead atoms. The first-order valence-corrected chi connectivity index (χ1v) is 6.91. The Bertz CT molecular complexity index is 791. The van der Waals surface area contributed by atoms with Crippen LogP contribution >= 0.6 is 11.6 Å². The van der Waals surface area contributed by atoms with Crippen molar-refractivity contribution in [1.29, 1.82) is 0 Å². The summed E-state index contributed by atoms with van der Waals surface area (Å²) in [6, 6.07) is 9.98. The lowest BCUT2D eigenvalue weighted by atomic mass is 9.99. The fourth-order valence-electron chi connectivity index (χ4n) is 2.25. The molecule has 3 aromatic rings. The zero-order valence-corrected chi connectivity index (χ0v) is 11.9. The summed E-state index contributed by atoms with van der Waals surface area (Å²) in [5, 5.41) is 0.380. The fourth-order valence-corrected chi connectivity index (χ4v) is 2.41. The van der Waals surface area contributed by atoms with Crippen LogP contribution in [0.25, 0.3) is 11.0 Å². The topological polar surface area (TPSA) is 51.8 Å². The predicted molar refractivity (Wildman–Crippen MR) is 81.6 cm³/mol. The van der Waals surface area contributed by atoms with Crippen LogP contribution in [0.5, 0.6) is 0 Å². The van der Waals surface area contributed by atoms with Crippen molar-refractivity contribution in [3.63, 3.8) is 0 Å². The summed E-state index contributed by atoms with van der Waals surface area (Å²) in [5.41, 5.74) is 9.22. The number of hydrogen-bond acceptors (Lipinski definition) is 3. The molecule has 106 valence electrons. The minimum atomic E-state index is -0.335. The highest BCUT2D eigenvalue weighted by Crippen LogP contribution is 2.22.